The molecule has 0 aromatic carbocycles. The number of thiophene rings is 1. The van der Waals surface area contributed by atoms with Crippen molar-refractivity contribution in [2.75, 3.05) is 6.54 Å². The van der Waals surface area contributed by atoms with Crippen LogP contribution in [-0.4, -0.2) is 23.5 Å². The van der Waals surface area contributed by atoms with Crippen LogP contribution in [-0.2, 0) is 6.42 Å². The quantitative estimate of drug-likeness (QED) is 0.888. The van der Waals surface area contributed by atoms with Gasteiger partial charge >= 0.3 is 0 Å². The molecule has 0 saturated carbocycles. The summed E-state index contributed by atoms with van der Waals surface area (Å²) in [4.78, 5) is 4.18. The third-order valence-corrected chi connectivity index (χ3v) is 5.06. The fourth-order valence-corrected chi connectivity index (χ4v) is 4.46. The Balaban J connectivity index is 2.29. The second-order valence-corrected chi connectivity index (χ2v) is 7.63. The van der Waals surface area contributed by atoms with Gasteiger partial charge in [-0.25, -0.2) is 0 Å². The van der Waals surface area contributed by atoms with E-state index in [0.29, 0.717) is 12.1 Å². The zero-order valence-corrected chi connectivity index (χ0v) is 13.1. The molecule has 3 atom stereocenters. The zero-order chi connectivity index (χ0) is 13.5. The fourth-order valence-electron chi connectivity index (χ4n) is 3.50. The van der Waals surface area contributed by atoms with Crippen molar-refractivity contribution in [2.24, 2.45) is 11.1 Å². The molecular weight excluding hydrogens is 240 g/mol. The fraction of sp³-hybridized carbons (Fsp3) is 0.733. The summed E-state index contributed by atoms with van der Waals surface area (Å²) >= 11 is 1.90. The molecule has 2 rings (SSSR count). The van der Waals surface area contributed by atoms with Crippen LogP contribution < -0.4 is 5.73 Å². The molecule has 102 valence electrons. The molecule has 0 radical (unpaired) electrons. The van der Waals surface area contributed by atoms with E-state index in [4.69, 9.17) is 5.73 Å². The number of rotatable bonds is 2. The Morgan fingerprint density at radius 3 is 2.67 bits per heavy atom. The van der Waals surface area contributed by atoms with Gasteiger partial charge in [-0.05, 0) is 42.7 Å². The largest absolute Gasteiger partial charge is 0.327 e. The van der Waals surface area contributed by atoms with E-state index in [9.17, 15) is 0 Å². The highest BCUT2D eigenvalue weighted by Crippen LogP contribution is 2.38. The second kappa shape index (κ2) is 4.95. The summed E-state index contributed by atoms with van der Waals surface area (Å²) in [5, 5.41) is 2.22. The van der Waals surface area contributed by atoms with Crippen molar-refractivity contribution in [1.29, 1.82) is 0 Å². The third-order valence-electron chi connectivity index (χ3n) is 4.07. The molecule has 1 aromatic heterocycles. The van der Waals surface area contributed by atoms with Gasteiger partial charge in [0.05, 0.1) is 0 Å². The first-order valence-corrected chi connectivity index (χ1v) is 7.78. The highest BCUT2D eigenvalue weighted by Gasteiger charge is 2.38. The first kappa shape index (κ1) is 14.0. The smallest absolute Gasteiger partial charge is 0.0334 e. The van der Waals surface area contributed by atoms with Gasteiger partial charge in [-0.2, -0.15) is 0 Å². The van der Waals surface area contributed by atoms with Crippen LogP contribution in [0.4, 0.5) is 0 Å². The van der Waals surface area contributed by atoms with Crippen LogP contribution >= 0.6 is 11.3 Å². The molecule has 1 aliphatic rings. The minimum absolute atomic E-state index is 0.202. The van der Waals surface area contributed by atoms with E-state index in [1.54, 1.807) is 4.88 Å². The maximum atomic E-state index is 6.27. The molecule has 0 fully saturated rings. The van der Waals surface area contributed by atoms with Crippen molar-refractivity contribution >= 4 is 11.3 Å². The highest BCUT2D eigenvalue weighted by molar-refractivity contribution is 7.10. The van der Waals surface area contributed by atoms with Crippen molar-refractivity contribution in [3.8, 4) is 0 Å². The van der Waals surface area contributed by atoms with Crippen molar-refractivity contribution in [2.45, 2.75) is 59.2 Å². The molecule has 1 aliphatic heterocycles. The first-order chi connectivity index (χ1) is 8.32. The maximum Gasteiger partial charge on any atom is 0.0334 e. The minimum atomic E-state index is 0.202. The predicted molar refractivity (Wildman–Crippen MR) is 80.0 cm³/mol. The van der Waals surface area contributed by atoms with Gasteiger partial charge in [-0.1, -0.05) is 20.8 Å². The molecule has 0 spiro atoms. The van der Waals surface area contributed by atoms with Crippen LogP contribution in [0.3, 0.4) is 0 Å². The van der Waals surface area contributed by atoms with Crippen LogP contribution in [0.25, 0.3) is 0 Å². The van der Waals surface area contributed by atoms with Gasteiger partial charge in [-0.15, -0.1) is 11.3 Å². The zero-order valence-electron chi connectivity index (χ0n) is 12.2. The van der Waals surface area contributed by atoms with Gasteiger partial charge < -0.3 is 5.73 Å². The molecule has 3 unspecified atom stereocenters. The lowest BCUT2D eigenvalue weighted by Crippen LogP contribution is -2.55. The number of hydrogen-bond donors (Lipinski definition) is 1. The predicted octanol–water partition coefficient (Wildman–Crippen LogP) is 3.43. The van der Waals surface area contributed by atoms with Crippen LogP contribution in [0.1, 0.15) is 51.1 Å². The van der Waals surface area contributed by atoms with Gasteiger partial charge in [-0.3, -0.25) is 4.90 Å². The van der Waals surface area contributed by atoms with E-state index in [1.807, 2.05) is 11.3 Å². The van der Waals surface area contributed by atoms with E-state index < -0.39 is 0 Å². The summed E-state index contributed by atoms with van der Waals surface area (Å²) in [6.45, 7) is 12.5. The molecular formula is C15H26N2S. The molecule has 2 heterocycles. The van der Waals surface area contributed by atoms with Crippen LogP contribution in [0.15, 0.2) is 11.4 Å². The van der Waals surface area contributed by atoms with Crippen molar-refractivity contribution in [3.05, 3.63) is 21.9 Å². The number of nitrogens with zero attached hydrogens (tertiary/aromatic N) is 1. The Morgan fingerprint density at radius 2 is 2.11 bits per heavy atom. The van der Waals surface area contributed by atoms with Crippen molar-refractivity contribution in [3.63, 3.8) is 0 Å². The Kier molecular flexibility index (Phi) is 3.86. The van der Waals surface area contributed by atoms with Crippen LogP contribution in [0.2, 0.25) is 0 Å². The molecule has 3 heteroatoms. The van der Waals surface area contributed by atoms with E-state index >= 15 is 0 Å². The lowest BCUT2D eigenvalue weighted by atomic mass is 9.80. The topological polar surface area (TPSA) is 29.3 Å². The monoisotopic (exact) mass is 266 g/mol. The van der Waals surface area contributed by atoms with E-state index in [1.165, 1.54) is 12.0 Å². The van der Waals surface area contributed by atoms with Crippen molar-refractivity contribution in [1.82, 2.24) is 4.90 Å². The maximum absolute atomic E-state index is 6.27. The molecule has 0 amide bonds. The number of hydrogen-bond acceptors (Lipinski definition) is 3. The van der Waals surface area contributed by atoms with Crippen LogP contribution in [0, 0.1) is 5.41 Å². The summed E-state index contributed by atoms with van der Waals surface area (Å²) in [6.07, 6.45) is 1.18. The SMILES string of the molecule is CC(N)C(N1CCc2sccc2C1C)C(C)(C)C. The second-order valence-electron chi connectivity index (χ2n) is 6.63. The minimum Gasteiger partial charge on any atom is -0.327 e. The van der Waals surface area contributed by atoms with Gasteiger partial charge in [0.2, 0.25) is 0 Å². The number of fused-ring (bicyclic) bond motifs is 1. The summed E-state index contributed by atoms with van der Waals surface area (Å²) in [5.41, 5.74) is 8.01. The Hall–Kier alpha value is -0.380. The lowest BCUT2D eigenvalue weighted by Gasteiger charge is -2.47. The molecule has 0 aliphatic carbocycles. The highest BCUT2D eigenvalue weighted by atomic mass is 32.1. The van der Waals surface area contributed by atoms with Gasteiger partial charge in [0, 0.05) is 29.5 Å². The standard InChI is InChI=1S/C15H26N2S/c1-10(16)14(15(3,4)5)17-8-6-13-12(11(17)2)7-9-18-13/h7,9-11,14H,6,8,16H2,1-5H3. The van der Waals surface area contributed by atoms with Crippen LogP contribution in [0.5, 0.6) is 0 Å². The normalized spacial score (nSPS) is 24.7. The summed E-state index contributed by atoms with van der Waals surface area (Å²) in [7, 11) is 0. The molecule has 0 saturated heterocycles. The third kappa shape index (κ3) is 2.49. The van der Waals surface area contributed by atoms with E-state index in [0.717, 1.165) is 6.54 Å². The Morgan fingerprint density at radius 1 is 1.44 bits per heavy atom. The molecule has 2 N–H and O–H groups in total. The first-order valence-electron chi connectivity index (χ1n) is 6.90. The lowest BCUT2D eigenvalue weighted by molar-refractivity contribution is 0.0442. The molecule has 1 aromatic rings. The van der Waals surface area contributed by atoms with E-state index in [-0.39, 0.29) is 11.5 Å². The average Bonchev–Trinajstić information content (AvgIpc) is 2.68. The van der Waals surface area contributed by atoms with E-state index in [2.05, 4.69) is 51.0 Å². The van der Waals surface area contributed by atoms with Gasteiger partial charge in [0.25, 0.3) is 0 Å². The molecule has 2 nitrogen and oxygen atoms in total. The van der Waals surface area contributed by atoms with Gasteiger partial charge in [0.15, 0.2) is 0 Å². The van der Waals surface area contributed by atoms with Crippen molar-refractivity contribution < 1.29 is 0 Å². The molecule has 18 heavy (non-hydrogen) atoms. The summed E-state index contributed by atoms with van der Waals surface area (Å²) < 4.78 is 0. The Labute approximate surface area is 115 Å². The average molecular weight is 266 g/mol. The summed E-state index contributed by atoms with van der Waals surface area (Å²) in [6, 6.07) is 3.42. The summed E-state index contributed by atoms with van der Waals surface area (Å²) in [5.74, 6) is 0. The Bertz CT molecular complexity index is 403. The number of nitrogens with two attached hydrogens (primary N) is 1. The van der Waals surface area contributed by atoms with Gasteiger partial charge in [0.1, 0.15) is 0 Å². The molecule has 0 bridgehead atoms.